The number of hydrogen-bond acceptors (Lipinski definition) is 5. The maximum Gasteiger partial charge on any atom is 0.253 e. The summed E-state index contributed by atoms with van der Waals surface area (Å²) in [5, 5.41) is 3.02. The molecule has 1 N–H and O–H groups in total. The molecule has 30 heavy (non-hydrogen) atoms. The molecule has 2 saturated heterocycles. The van der Waals surface area contributed by atoms with Crippen LogP contribution < -0.4 is 10.1 Å². The quantitative estimate of drug-likeness (QED) is 0.770. The first-order chi connectivity index (χ1) is 14.5. The molecular formula is C24H42N4O2. The number of nitrogens with zero attached hydrogens (tertiary/aromatic N) is 3. The summed E-state index contributed by atoms with van der Waals surface area (Å²) in [5.74, 6) is 0.957. The van der Waals surface area contributed by atoms with Crippen LogP contribution in [0.5, 0.6) is 5.75 Å². The average Bonchev–Trinajstić information content (AvgIpc) is 2.79. The molecule has 6 heteroatoms. The minimum absolute atomic E-state index is 0.137. The molecule has 1 aromatic carbocycles. The fourth-order valence-electron chi connectivity index (χ4n) is 4.22. The number of amides is 1. The molecule has 0 spiro atoms. The highest BCUT2D eigenvalue weighted by molar-refractivity contribution is 5.94. The fraction of sp³-hybridized carbons (Fsp3) is 0.708. The smallest absolute Gasteiger partial charge is 0.253 e. The predicted molar refractivity (Wildman–Crippen MR) is 125 cm³/mol. The summed E-state index contributed by atoms with van der Waals surface area (Å²) in [4.78, 5) is 19.9. The summed E-state index contributed by atoms with van der Waals surface area (Å²) in [5.41, 5.74) is 1.89. The van der Waals surface area contributed by atoms with Crippen molar-refractivity contribution >= 4 is 5.91 Å². The molecular weight excluding hydrogens is 376 g/mol. The number of ether oxygens (including phenoxy) is 1. The van der Waals surface area contributed by atoms with Gasteiger partial charge in [0.2, 0.25) is 0 Å². The molecule has 6 nitrogen and oxygen atoms in total. The number of likely N-dealkylation sites (tertiary alicyclic amines) is 1. The van der Waals surface area contributed by atoms with E-state index in [1.807, 2.05) is 30.1 Å². The standard InChI is InChI=1S/C20H31N3O2.C4H11N/c1-4-16-5-6-17(15-19(16)25-3)20(24)23-9-7-18(8-10-23)22-13-11-21(2)12-14-22;1-3-4-5-2/h5-6,15,18H,4,7-14H2,1-3H3;5H,3-4H2,1-2H3. The highest BCUT2D eigenvalue weighted by Gasteiger charge is 2.29. The van der Waals surface area contributed by atoms with Crippen LogP contribution in [-0.4, -0.2) is 93.7 Å². The predicted octanol–water partition coefficient (Wildman–Crippen LogP) is 2.73. The number of methoxy groups -OCH3 is 1. The zero-order valence-corrected chi connectivity index (χ0v) is 19.7. The van der Waals surface area contributed by atoms with E-state index in [9.17, 15) is 4.79 Å². The topological polar surface area (TPSA) is 48.1 Å². The second-order valence-corrected chi connectivity index (χ2v) is 8.35. The summed E-state index contributed by atoms with van der Waals surface area (Å²) >= 11 is 0. The van der Waals surface area contributed by atoms with Crippen LogP contribution in [0.2, 0.25) is 0 Å². The zero-order valence-electron chi connectivity index (χ0n) is 19.7. The van der Waals surface area contributed by atoms with Crippen molar-refractivity contribution in [3.8, 4) is 5.75 Å². The third-order valence-corrected chi connectivity index (χ3v) is 6.22. The maximum atomic E-state index is 12.8. The van der Waals surface area contributed by atoms with Crippen LogP contribution in [0, 0.1) is 0 Å². The minimum Gasteiger partial charge on any atom is -0.496 e. The monoisotopic (exact) mass is 418 g/mol. The number of hydrogen-bond donors (Lipinski definition) is 1. The Bertz CT molecular complexity index is 634. The van der Waals surface area contributed by atoms with Crippen molar-refractivity contribution in [2.24, 2.45) is 0 Å². The van der Waals surface area contributed by atoms with E-state index in [4.69, 9.17) is 4.74 Å². The van der Waals surface area contributed by atoms with Gasteiger partial charge < -0.3 is 19.9 Å². The first-order valence-electron chi connectivity index (χ1n) is 11.6. The molecule has 2 aliphatic rings. The second kappa shape index (κ2) is 12.9. The maximum absolute atomic E-state index is 12.8. The molecule has 0 bridgehead atoms. The average molecular weight is 419 g/mol. The van der Waals surface area contributed by atoms with Gasteiger partial charge in [0.1, 0.15) is 5.75 Å². The molecule has 1 aromatic rings. The summed E-state index contributed by atoms with van der Waals surface area (Å²) in [6, 6.07) is 6.49. The van der Waals surface area contributed by atoms with Gasteiger partial charge >= 0.3 is 0 Å². The number of aryl methyl sites for hydroxylation is 1. The van der Waals surface area contributed by atoms with E-state index in [2.05, 4.69) is 36.0 Å². The number of benzene rings is 1. The summed E-state index contributed by atoms with van der Waals surface area (Å²) in [6.07, 6.45) is 4.31. The van der Waals surface area contributed by atoms with E-state index >= 15 is 0 Å². The van der Waals surface area contributed by atoms with Gasteiger partial charge in [-0.2, -0.15) is 0 Å². The van der Waals surface area contributed by atoms with Gasteiger partial charge in [0.15, 0.2) is 0 Å². The van der Waals surface area contributed by atoms with E-state index in [1.54, 1.807) is 7.11 Å². The molecule has 170 valence electrons. The van der Waals surface area contributed by atoms with Crippen molar-refractivity contribution in [2.75, 3.05) is 67.0 Å². The molecule has 0 unspecified atom stereocenters. The summed E-state index contributed by atoms with van der Waals surface area (Å²) in [6.45, 7) is 11.7. The molecule has 1 amide bonds. The van der Waals surface area contributed by atoms with Gasteiger partial charge in [-0.15, -0.1) is 0 Å². The van der Waals surface area contributed by atoms with Crippen molar-refractivity contribution in [3.63, 3.8) is 0 Å². The summed E-state index contributed by atoms with van der Waals surface area (Å²) < 4.78 is 5.44. The molecule has 0 aliphatic carbocycles. The molecule has 2 fully saturated rings. The Hall–Kier alpha value is -1.63. The van der Waals surface area contributed by atoms with E-state index in [1.165, 1.54) is 6.42 Å². The zero-order chi connectivity index (χ0) is 21.9. The molecule has 0 atom stereocenters. The van der Waals surface area contributed by atoms with Gasteiger partial charge in [-0.3, -0.25) is 9.69 Å². The van der Waals surface area contributed by atoms with Crippen molar-refractivity contribution < 1.29 is 9.53 Å². The van der Waals surface area contributed by atoms with Crippen LogP contribution in [0.3, 0.4) is 0 Å². The number of carbonyl (C=O) groups is 1. The van der Waals surface area contributed by atoms with Crippen LogP contribution in [0.25, 0.3) is 0 Å². The van der Waals surface area contributed by atoms with Crippen LogP contribution in [0.4, 0.5) is 0 Å². The van der Waals surface area contributed by atoms with Gasteiger partial charge in [-0.1, -0.05) is 19.9 Å². The minimum atomic E-state index is 0.137. The van der Waals surface area contributed by atoms with E-state index < -0.39 is 0 Å². The molecule has 0 saturated carbocycles. The third kappa shape index (κ3) is 6.96. The number of carbonyl (C=O) groups excluding carboxylic acids is 1. The molecule has 2 heterocycles. The number of likely N-dealkylation sites (N-methyl/N-ethyl adjacent to an activating group) is 1. The first kappa shape index (κ1) is 24.6. The van der Waals surface area contributed by atoms with Gasteiger partial charge in [0.05, 0.1) is 7.11 Å². The Morgan fingerprint density at radius 3 is 2.27 bits per heavy atom. The fourth-order valence-corrected chi connectivity index (χ4v) is 4.22. The Morgan fingerprint density at radius 2 is 1.77 bits per heavy atom. The lowest BCUT2D eigenvalue weighted by Crippen LogP contribution is -2.52. The lowest BCUT2D eigenvalue weighted by molar-refractivity contribution is 0.0518. The second-order valence-electron chi connectivity index (χ2n) is 8.35. The van der Waals surface area contributed by atoms with Crippen molar-refractivity contribution in [1.29, 1.82) is 0 Å². The Morgan fingerprint density at radius 1 is 1.10 bits per heavy atom. The summed E-state index contributed by atoms with van der Waals surface area (Å²) in [7, 11) is 5.82. The SMILES string of the molecule is CCCNC.CCc1ccc(C(=O)N2CCC(N3CCN(C)CC3)CC2)cc1OC. The van der Waals surface area contributed by atoms with Crippen molar-refractivity contribution in [1.82, 2.24) is 20.0 Å². The van der Waals surface area contributed by atoms with Crippen molar-refractivity contribution in [2.45, 2.75) is 45.6 Å². The van der Waals surface area contributed by atoms with Crippen LogP contribution in [-0.2, 0) is 6.42 Å². The first-order valence-corrected chi connectivity index (χ1v) is 11.6. The van der Waals surface area contributed by atoms with Crippen molar-refractivity contribution in [3.05, 3.63) is 29.3 Å². The number of nitrogens with one attached hydrogen (secondary N) is 1. The molecule has 0 radical (unpaired) electrons. The molecule has 2 aliphatic heterocycles. The van der Waals surface area contributed by atoms with E-state index in [-0.39, 0.29) is 5.91 Å². The van der Waals surface area contributed by atoms with Gasteiger partial charge in [-0.05, 0) is 64.0 Å². The largest absolute Gasteiger partial charge is 0.496 e. The van der Waals surface area contributed by atoms with Gasteiger partial charge in [0, 0.05) is 50.9 Å². The van der Waals surface area contributed by atoms with Gasteiger partial charge in [0.25, 0.3) is 5.91 Å². The normalized spacial score (nSPS) is 18.6. The number of piperidine rings is 1. The lowest BCUT2D eigenvalue weighted by Gasteiger charge is -2.42. The van der Waals surface area contributed by atoms with Crippen LogP contribution in [0.1, 0.15) is 49.0 Å². The molecule has 0 aromatic heterocycles. The highest BCUT2D eigenvalue weighted by Crippen LogP contribution is 2.24. The molecule has 3 rings (SSSR count). The van der Waals surface area contributed by atoms with Gasteiger partial charge in [-0.25, -0.2) is 0 Å². The Labute approximate surface area is 183 Å². The lowest BCUT2D eigenvalue weighted by atomic mass is 10.0. The Balaban J connectivity index is 0.000000575. The third-order valence-electron chi connectivity index (χ3n) is 6.22. The van der Waals surface area contributed by atoms with E-state index in [0.717, 1.165) is 82.0 Å². The van der Waals surface area contributed by atoms with E-state index in [0.29, 0.717) is 6.04 Å². The highest BCUT2D eigenvalue weighted by atomic mass is 16.5. The van der Waals surface area contributed by atoms with Crippen LogP contribution in [0.15, 0.2) is 18.2 Å². The van der Waals surface area contributed by atoms with Crippen LogP contribution >= 0.6 is 0 Å². The number of piperazine rings is 1. The number of rotatable bonds is 6. The Kier molecular flexibility index (Phi) is 10.6.